The molecule has 5 nitrogen and oxygen atoms in total. The third kappa shape index (κ3) is 2.90. The number of nitrogens with zero attached hydrogens (tertiary/aromatic N) is 3. The predicted octanol–water partition coefficient (Wildman–Crippen LogP) is 2.30. The quantitative estimate of drug-likeness (QED) is 0.680. The number of benzene rings is 1. The second kappa shape index (κ2) is 6.09. The number of hydrogen-bond acceptors (Lipinski definition) is 3. The molecule has 1 aromatic carbocycles. The molecule has 1 fully saturated rings. The number of amides is 1. The minimum Gasteiger partial charge on any atom is -0.273 e. The molecule has 1 amide bonds. The number of halogens is 1. The lowest BCUT2D eigenvalue weighted by Gasteiger charge is -1.99. The summed E-state index contributed by atoms with van der Waals surface area (Å²) in [6.07, 6.45) is 3.50. The lowest BCUT2D eigenvalue weighted by Crippen LogP contribution is -2.20. The summed E-state index contributed by atoms with van der Waals surface area (Å²) in [4.78, 5) is 12.0. The number of carbonyl (C=O) groups is 1. The van der Waals surface area contributed by atoms with Gasteiger partial charge in [-0.3, -0.25) is 4.79 Å². The highest BCUT2D eigenvalue weighted by Crippen LogP contribution is 2.47. The second-order valence-corrected chi connectivity index (χ2v) is 5.30. The number of hydrogen-bond donors (Lipinski definition) is 1. The Bertz CT molecular complexity index is 695. The SMILES string of the molecule is CCn1ncc(/C=N\NC(=O)[C@@H]2C[C@@H]2c2ccccc2)c1F. The van der Waals surface area contributed by atoms with Crippen molar-refractivity contribution in [3.8, 4) is 0 Å². The van der Waals surface area contributed by atoms with Gasteiger partial charge in [0.25, 0.3) is 0 Å². The maximum absolute atomic E-state index is 13.7. The molecule has 22 heavy (non-hydrogen) atoms. The van der Waals surface area contributed by atoms with Crippen LogP contribution in [0.5, 0.6) is 0 Å². The lowest BCUT2D eigenvalue weighted by atomic mass is 10.1. The van der Waals surface area contributed by atoms with Gasteiger partial charge in [0.2, 0.25) is 11.9 Å². The van der Waals surface area contributed by atoms with Crippen molar-refractivity contribution in [3.05, 3.63) is 53.6 Å². The molecule has 114 valence electrons. The van der Waals surface area contributed by atoms with E-state index in [0.717, 1.165) is 6.42 Å². The van der Waals surface area contributed by atoms with Crippen molar-refractivity contribution >= 4 is 12.1 Å². The highest BCUT2D eigenvalue weighted by Gasteiger charge is 2.43. The van der Waals surface area contributed by atoms with Gasteiger partial charge in [-0.25, -0.2) is 10.1 Å². The molecule has 1 heterocycles. The Kier molecular flexibility index (Phi) is 4.00. The van der Waals surface area contributed by atoms with Gasteiger partial charge >= 0.3 is 0 Å². The summed E-state index contributed by atoms with van der Waals surface area (Å²) in [6.45, 7) is 2.25. The fraction of sp³-hybridized carbons (Fsp3) is 0.312. The Morgan fingerprint density at radius 2 is 2.27 bits per heavy atom. The zero-order valence-electron chi connectivity index (χ0n) is 12.2. The van der Waals surface area contributed by atoms with Crippen LogP contribution in [0.1, 0.15) is 30.4 Å². The Labute approximate surface area is 127 Å². The average molecular weight is 300 g/mol. The molecule has 0 aliphatic heterocycles. The number of hydrazone groups is 1. The highest BCUT2D eigenvalue weighted by atomic mass is 19.1. The van der Waals surface area contributed by atoms with Crippen molar-refractivity contribution in [2.45, 2.75) is 25.8 Å². The third-order valence-corrected chi connectivity index (χ3v) is 3.83. The highest BCUT2D eigenvalue weighted by molar-refractivity contribution is 5.85. The first-order valence-electron chi connectivity index (χ1n) is 7.30. The lowest BCUT2D eigenvalue weighted by molar-refractivity contribution is -0.122. The van der Waals surface area contributed by atoms with E-state index in [2.05, 4.69) is 15.6 Å². The molecule has 2 atom stereocenters. The first-order chi connectivity index (χ1) is 10.7. The summed E-state index contributed by atoms with van der Waals surface area (Å²) in [5.74, 6) is -0.374. The van der Waals surface area contributed by atoms with Crippen LogP contribution in [0.3, 0.4) is 0 Å². The van der Waals surface area contributed by atoms with Crippen LogP contribution in [0.25, 0.3) is 0 Å². The number of carbonyl (C=O) groups excluding carboxylic acids is 1. The largest absolute Gasteiger partial charge is 0.273 e. The number of rotatable bonds is 5. The summed E-state index contributed by atoms with van der Waals surface area (Å²) >= 11 is 0. The van der Waals surface area contributed by atoms with Crippen LogP contribution in [0, 0.1) is 11.9 Å². The van der Waals surface area contributed by atoms with Crippen molar-refractivity contribution in [1.82, 2.24) is 15.2 Å². The number of nitrogens with one attached hydrogen (secondary N) is 1. The monoisotopic (exact) mass is 300 g/mol. The van der Waals surface area contributed by atoms with Gasteiger partial charge in [0, 0.05) is 12.5 Å². The molecule has 1 aromatic heterocycles. The van der Waals surface area contributed by atoms with E-state index in [1.165, 1.54) is 22.7 Å². The number of aryl methyl sites for hydroxylation is 1. The van der Waals surface area contributed by atoms with E-state index in [1.807, 2.05) is 30.3 Å². The minimum atomic E-state index is -0.450. The molecule has 2 aromatic rings. The molecule has 0 saturated heterocycles. The Balaban J connectivity index is 1.55. The van der Waals surface area contributed by atoms with E-state index in [4.69, 9.17) is 0 Å². The zero-order chi connectivity index (χ0) is 15.5. The maximum atomic E-state index is 13.7. The van der Waals surface area contributed by atoms with Crippen LogP contribution in [0.2, 0.25) is 0 Å². The molecule has 3 rings (SSSR count). The van der Waals surface area contributed by atoms with Crippen molar-refractivity contribution in [2.75, 3.05) is 0 Å². The van der Waals surface area contributed by atoms with Gasteiger partial charge in [-0.1, -0.05) is 30.3 Å². The molecule has 0 unspecified atom stereocenters. The van der Waals surface area contributed by atoms with Gasteiger partial charge in [0.05, 0.1) is 18.0 Å². The molecule has 1 aliphatic rings. The summed E-state index contributed by atoms with van der Waals surface area (Å²) in [6, 6.07) is 9.94. The van der Waals surface area contributed by atoms with Crippen LogP contribution in [0.15, 0.2) is 41.6 Å². The van der Waals surface area contributed by atoms with Gasteiger partial charge in [-0.15, -0.1) is 0 Å². The van der Waals surface area contributed by atoms with E-state index in [1.54, 1.807) is 6.92 Å². The molecule has 0 spiro atoms. The summed E-state index contributed by atoms with van der Waals surface area (Å²) in [5, 5.41) is 7.69. The van der Waals surface area contributed by atoms with Crippen LogP contribution in [-0.4, -0.2) is 21.9 Å². The van der Waals surface area contributed by atoms with E-state index in [-0.39, 0.29) is 23.3 Å². The van der Waals surface area contributed by atoms with Crippen LogP contribution in [0.4, 0.5) is 4.39 Å². The van der Waals surface area contributed by atoms with E-state index in [9.17, 15) is 9.18 Å². The fourth-order valence-electron chi connectivity index (χ4n) is 2.49. The second-order valence-electron chi connectivity index (χ2n) is 5.30. The van der Waals surface area contributed by atoms with Gasteiger partial charge in [0.1, 0.15) is 0 Å². The molecule has 6 heteroatoms. The standard InChI is InChI=1S/C16H17FN4O/c1-2-21-15(17)12(10-19-21)9-18-20-16(22)14-8-13(14)11-6-4-3-5-7-11/h3-7,9-10,13-14H,2,8H2,1H3,(H,20,22)/b18-9-/t13-,14-/m1/s1. The molecule has 1 aliphatic carbocycles. The normalized spacial score (nSPS) is 20.3. The van der Waals surface area contributed by atoms with Crippen molar-refractivity contribution in [3.63, 3.8) is 0 Å². The molecular weight excluding hydrogens is 283 g/mol. The molecule has 1 N–H and O–H groups in total. The van der Waals surface area contributed by atoms with Gasteiger partial charge < -0.3 is 0 Å². The molecule has 0 radical (unpaired) electrons. The minimum absolute atomic E-state index is 0.0530. The smallest absolute Gasteiger partial charge is 0.243 e. The van der Waals surface area contributed by atoms with E-state index in [0.29, 0.717) is 6.54 Å². The first-order valence-corrected chi connectivity index (χ1v) is 7.30. The molecule has 0 bridgehead atoms. The van der Waals surface area contributed by atoms with Gasteiger partial charge in [0.15, 0.2) is 0 Å². The van der Waals surface area contributed by atoms with Gasteiger partial charge in [-0.05, 0) is 24.8 Å². The maximum Gasteiger partial charge on any atom is 0.243 e. The van der Waals surface area contributed by atoms with Crippen LogP contribution < -0.4 is 5.43 Å². The summed E-state index contributed by atoms with van der Waals surface area (Å²) in [5.41, 5.74) is 3.90. The van der Waals surface area contributed by atoms with Crippen molar-refractivity contribution in [1.29, 1.82) is 0 Å². The molecule has 1 saturated carbocycles. The van der Waals surface area contributed by atoms with E-state index >= 15 is 0 Å². The fourth-order valence-corrected chi connectivity index (χ4v) is 2.49. The Morgan fingerprint density at radius 1 is 1.50 bits per heavy atom. The summed E-state index contributed by atoms with van der Waals surface area (Å²) < 4.78 is 14.9. The Hall–Kier alpha value is -2.50. The van der Waals surface area contributed by atoms with Crippen molar-refractivity contribution < 1.29 is 9.18 Å². The topological polar surface area (TPSA) is 59.3 Å². The Morgan fingerprint density at radius 3 is 2.95 bits per heavy atom. The van der Waals surface area contributed by atoms with Gasteiger partial charge in [-0.2, -0.15) is 14.6 Å². The summed E-state index contributed by atoms with van der Waals surface area (Å²) in [7, 11) is 0. The molecular formula is C16H17FN4O. The number of aromatic nitrogens is 2. The third-order valence-electron chi connectivity index (χ3n) is 3.83. The van der Waals surface area contributed by atoms with E-state index < -0.39 is 5.95 Å². The average Bonchev–Trinajstić information content (AvgIpc) is 3.28. The van der Waals surface area contributed by atoms with Crippen LogP contribution >= 0.6 is 0 Å². The van der Waals surface area contributed by atoms with Crippen molar-refractivity contribution in [2.24, 2.45) is 11.0 Å². The zero-order valence-corrected chi connectivity index (χ0v) is 12.2. The van der Waals surface area contributed by atoms with Crippen LogP contribution in [-0.2, 0) is 11.3 Å². The predicted molar refractivity (Wildman–Crippen MR) is 80.9 cm³/mol. The first kappa shape index (κ1) is 14.4.